The first kappa shape index (κ1) is 12.8. The number of ketones is 1. The summed E-state index contributed by atoms with van der Waals surface area (Å²) in [6, 6.07) is 15.0. The first-order valence-corrected chi connectivity index (χ1v) is 6.80. The molecular weight excluding hydrogens is 248 g/mol. The maximum absolute atomic E-state index is 12.1. The Bertz CT molecular complexity index is 656. The van der Waals surface area contributed by atoms with Gasteiger partial charge < -0.3 is 5.11 Å². The van der Waals surface area contributed by atoms with Gasteiger partial charge in [0.05, 0.1) is 6.10 Å². The third kappa shape index (κ3) is 2.56. The molecule has 0 aliphatic heterocycles. The molecule has 0 radical (unpaired) electrons. The molecule has 0 amide bonds. The fourth-order valence-electron chi connectivity index (χ4n) is 2.52. The lowest BCUT2D eigenvalue weighted by Crippen LogP contribution is -2.07. The van der Waals surface area contributed by atoms with Crippen LogP contribution >= 0.6 is 0 Å². The van der Waals surface area contributed by atoms with Crippen molar-refractivity contribution in [1.29, 1.82) is 0 Å². The van der Waals surface area contributed by atoms with Gasteiger partial charge in [-0.3, -0.25) is 4.79 Å². The Hall–Kier alpha value is -2.19. The molecule has 1 aliphatic rings. The Labute approximate surface area is 118 Å². The molecule has 0 heterocycles. The van der Waals surface area contributed by atoms with Gasteiger partial charge in [-0.15, -0.1) is 0 Å². The number of fused-ring (bicyclic) bond motifs is 1. The third-order valence-electron chi connectivity index (χ3n) is 3.66. The van der Waals surface area contributed by atoms with Gasteiger partial charge in [0.1, 0.15) is 0 Å². The number of carbonyl (C=O) groups is 1. The van der Waals surface area contributed by atoms with Gasteiger partial charge in [-0.25, -0.2) is 0 Å². The van der Waals surface area contributed by atoms with Crippen molar-refractivity contribution in [3.63, 3.8) is 0 Å². The van der Waals surface area contributed by atoms with Crippen molar-refractivity contribution < 1.29 is 9.90 Å². The lowest BCUT2D eigenvalue weighted by atomic mass is 9.97. The highest BCUT2D eigenvalue weighted by atomic mass is 16.3. The average Bonchev–Trinajstić information content (AvgIpc) is 2.95. The van der Waals surface area contributed by atoms with E-state index < -0.39 is 6.10 Å². The lowest BCUT2D eigenvalue weighted by molar-refractivity contribution is 0.0880. The summed E-state index contributed by atoms with van der Waals surface area (Å²) in [7, 11) is 0. The van der Waals surface area contributed by atoms with Crippen molar-refractivity contribution in [1.82, 2.24) is 0 Å². The number of Topliss-reactive ketones (excluding diaryl/α,β-unsaturated/α-hetero) is 1. The second kappa shape index (κ2) is 5.43. The van der Waals surface area contributed by atoms with Crippen molar-refractivity contribution in [2.24, 2.45) is 0 Å². The monoisotopic (exact) mass is 264 g/mol. The van der Waals surface area contributed by atoms with E-state index >= 15 is 0 Å². The number of benzene rings is 2. The summed E-state index contributed by atoms with van der Waals surface area (Å²) in [5.41, 5.74) is 3.88. The van der Waals surface area contributed by atoms with E-state index in [4.69, 9.17) is 0 Å². The van der Waals surface area contributed by atoms with Crippen molar-refractivity contribution >= 4 is 11.9 Å². The number of hydrogen-bond donors (Lipinski definition) is 1. The molecule has 2 aromatic carbocycles. The molecule has 2 nitrogen and oxygen atoms in total. The second-order valence-corrected chi connectivity index (χ2v) is 5.07. The number of allylic oxidation sites excluding steroid dienone is 1. The number of aliphatic hydroxyl groups excluding tert-OH is 1. The predicted octanol–water partition coefficient (Wildman–Crippen LogP) is 3.56. The van der Waals surface area contributed by atoms with Crippen molar-refractivity contribution in [2.45, 2.75) is 18.9 Å². The first-order valence-electron chi connectivity index (χ1n) is 6.80. The Balaban J connectivity index is 1.74. The minimum Gasteiger partial charge on any atom is -0.388 e. The zero-order valence-electron chi connectivity index (χ0n) is 11.1. The maximum atomic E-state index is 12.1. The molecule has 1 unspecified atom stereocenters. The van der Waals surface area contributed by atoms with Crippen LogP contribution in [0.3, 0.4) is 0 Å². The highest BCUT2D eigenvalue weighted by Crippen LogP contribution is 2.26. The number of aliphatic hydroxyl groups is 1. The van der Waals surface area contributed by atoms with Gasteiger partial charge in [0, 0.05) is 12.0 Å². The number of hydrogen-bond acceptors (Lipinski definition) is 2. The maximum Gasteiger partial charge on any atom is 0.165 e. The highest BCUT2D eigenvalue weighted by Gasteiger charge is 2.16. The summed E-state index contributed by atoms with van der Waals surface area (Å²) >= 11 is 0. The summed E-state index contributed by atoms with van der Waals surface area (Å²) in [5.74, 6) is -0.0308. The third-order valence-corrected chi connectivity index (χ3v) is 3.66. The number of carbonyl (C=O) groups excluding carboxylic acids is 1. The molecule has 20 heavy (non-hydrogen) atoms. The molecule has 1 atom stereocenters. The molecule has 1 N–H and O–H groups in total. The second-order valence-electron chi connectivity index (χ2n) is 5.07. The van der Waals surface area contributed by atoms with E-state index in [9.17, 15) is 9.90 Å². The van der Waals surface area contributed by atoms with Crippen LogP contribution in [-0.4, -0.2) is 10.9 Å². The minimum atomic E-state index is -0.742. The van der Waals surface area contributed by atoms with Crippen molar-refractivity contribution in [3.05, 3.63) is 76.9 Å². The molecule has 100 valence electrons. The fourth-order valence-corrected chi connectivity index (χ4v) is 2.52. The van der Waals surface area contributed by atoms with E-state index in [1.807, 2.05) is 36.4 Å². The molecule has 0 saturated heterocycles. The van der Waals surface area contributed by atoms with Crippen LogP contribution in [0.2, 0.25) is 0 Å². The standard InChI is InChI=1S/C18H16O2/c19-17(14-5-2-1-3-6-14)12-18(20)16-10-9-13-7-4-8-15(13)11-16/h1-7,9-11,18,20H,8,12H2. The molecule has 2 heteroatoms. The van der Waals surface area contributed by atoms with E-state index in [0.29, 0.717) is 5.56 Å². The van der Waals surface area contributed by atoms with Gasteiger partial charge in [0.2, 0.25) is 0 Å². The fraction of sp³-hybridized carbons (Fsp3) is 0.167. The normalized spacial score (nSPS) is 14.1. The van der Waals surface area contributed by atoms with Crippen LogP contribution < -0.4 is 0 Å². The van der Waals surface area contributed by atoms with Gasteiger partial charge in [-0.05, 0) is 23.1 Å². The molecule has 0 spiro atoms. The van der Waals surface area contributed by atoms with Gasteiger partial charge in [0.25, 0.3) is 0 Å². The van der Waals surface area contributed by atoms with E-state index in [2.05, 4.69) is 12.2 Å². The van der Waals surface area contributed by atoms with Crippen LogP contribution in [0.15, 0.2) is 54.6 Å². The lowest BCUT2D eigenvalue weighted by Gasteiger charge is -2.12. The first-order chi connectivity index (χ1) is 9.74. The van der Waals surface area contributed by atoms with E-state index in [-0.39, 0.29) is 12.2 Å². The van der Waals surface area contributed by atoms with Crippen molar-refractivity contribution in [3.8, 4) is 0 Å². The zero-order valence-corrected chi connectivity index (χ0v) is 11.1. The number of rotatable bonds is 4. The summed E-state index contributed by atoms with van der Waals surface area (Å²) in [6.45, 7) is 0. The van der Waals surface area contributed by atoms with Crippen LogP contribution in [0.5, 0.6) is 0 Å². The average molecular weight is 264 g/mol. The van der Waals surface area contributed by atoms with E-state index in [0.717, 1.165) is 12.0 Å². The molecule has 3 rings (SSSR count). The van der Waals surface area contributed by atoms with Crippen LogP contribution in [0.25, 0.3) is 6.08 Å². The van der Waals surface area contributed by atoms with Crippen molar-refractivity contribution in [2.75, 3.05) is 0 Å². The quantitative estimate of drug-likeness (QED) is 0.857. The van der Waals surface area contributed by atoms with Gasteiger partial charge in [-0.2, -0.15) is 0 Å². The minimum absolute atomic E-state index is 0.0308. The van der Waals surface area contributed by atoms with Crippen LogP contribution in [0, 0.1) is 0 Å². The SMILES string of the molecule is O=C(CC(O)c1ccc2c(c1)CC=C2)c1ccccc1. The van der Waals surface area contributed by atoms with E-state index in [1.54, 1.807) is 12.1 Å². The smallest absolute Gasteiger partial charge is 0.165 e. The Morgan fingerprint density at radius 2 is 1.95 bits per heavy atom. The summed E-state index contributed by atoms with van der Waals surface area (Å²) in [5, 5.41) is 10.2. The van der Waals surface area contributed by atoms with E-state index in [1.165, 1.54) is 11.1 Å². The molecule has 0 aromatic heterocycles. The van der Waals surface area contributed by atoms with Crippen LogP contribution in [0.4, 0.5) is 0 Å². The molecular formula is C18H16O2. The molecule has 0 bridgehead atoms. The molecule has 1 aliphatic carbocycles. The Morgan fingerprint density at radius 1 is 1.15 bits per heavy atom. The highest BCUT2D eigenvalue weighted by molar-refractivity contribution is 5.96. The Kier molecular flexibility index (Phi) is 3.48. The zero-order chi connectivity index (χ0) is 13.9. The molecule has 2 aromatic rings. The largest absolute Gasteiger partial charge is 0.388 e. The molecule has 0 fully saturated rings. The predicted molar refractivity (Wildman–Crippen MR) is 79.5 cm³/mol. The van der Waals surface area contributed by atoms with Gasteiger partial charge in [0.15, 0.2) is 5.78 Å². The van der Waals surface area contributed by atoms with Gasteiger partial charge in [-0.1, -0.05) is 60.7 Å². The summed E-state index contributed by atoms with van der Waals surface area (Å²) in [6.07, 6.45) is 4.48. The topological polar surface area (TPSA) is 37.3 Å². The van der Waals surface area contributed by atoms with Gasteiger partial charge >= 0.3 is 0 Å². The van der Waals surface area contributed by atoms with Crippen LogP contribution in [-0.2, 0) is 6.42 Å². The molecule has 0 saturated carbocycles. The van der Waals surface area contributed by atoms with Crippen LogP contribution in [0.1, 0.15) is 39.6 Å². The summed E-state index contributed by atoms with van der Waals surface area (Å²) < 4.78 is 0. The summed E-state index contributed by atoms with van der Waals surface area (Å²) in [4.78, 5) is 12.1. The Morgan fingerprint density at radius 3 is 2.75 bits per heavy atom.